The summed E-state index contributed by atoms with van der Waals surface area (Å²) in [6, 6.07) is 0. The Bertz CT molecular complexity index is 175. The highest BCUT2D eigenvalue weighted by molar-refractivity contribution is 5.78. The van der Waals surface area contributed by atoms with Gasteiger partial charge in [-0.05, 0) is 0 Å². The van der Waals surface area contributed by atoms with Crippen molar-refractivity contribution in [2.24, 2.45) is 17.4 Å². The smallest absolute Gasteiger partial charge is 0.247 e. The van der Waals surface area contributed by atoms with Crippen LogP contribution in [0.2, 0.25) is 0 Å². The molecule has 6 heteroatoms. The Balaban J connectivity index is 3.56. The zero-order chi connectivity index (χ0) is 10.4. The van der Waals surface area contributed by atoms with Gasteiger partial charge >= 0.3 is 0 Å². The lowest BCUT2D eigenvalue weighted by atomic mass is 10.1. The van der Waals surface area contributed by atoms with E-state index < -0.39 is 17.9 Å². The average Bonchev–Trinajstić information content (AvgIpc) is 2.03. The molecule has 0 spiro atoms. The van der Waals surface area contributed by atoms with E-state index in [1.165, 1.54) is 0 Å². The van der Waals surface area contributed by atoms with E-state index in [1.54, 1.807) is 6.92 Å². The standard InChI is InChI=1S/C7H15N3O3/c1-4(6(8)12)2-10-3-5(11)7(9)13/h4-5,10-11H,2-3H2,1H3,(H2,8,12)(H2,9,13). The molecule has 0 aromatic rings. The Morgan fingerprint density at radius 1 is 1.31 bits per heavy atom. The molecule has 76 valence electrons. The first-order chi connectivity index (χ1) is 5.95. The fraction of sp³-hybridized carbons (Fsp3) is 0.714. The second kappa shape index (κ2) is 5.50. The van der Waals surface area contributed by atoms with Crippen LogP contribution < -0.4 is 16.8 Å². The first-order valence-electron chi connectivity index (χ1n) is 3.92. The Labute approximate surface area is 76.3 Å². The largest absolute Gasteiger partial charge is 0.382 e. The van der Waals surface area contributed by atoms with Crippen LogP contribution in [0.3, 0.4) is 0 Å². The number of aliphatic hydroxyl groups excluding tert-OH is 1. The molecule has 2 amide bonds. The molecule has 0 saturated heterocycles. The maximum Gasteiger partial charge on any atom is 0.247 e. The molecule has 13 heavy (non-hydrogen) atoms. The maximum absolute atomic E-state index is 10.5. The zero-order valence-corrected chi connectivity index (χ0v) is 7.49. The molecule has 0 saturated carbocycles. The first kappa shape index (κ1) is 11.9. The van der Waals surface area contributed by atoms with Crippen LogP contribution in [0.15, 0.2) is 0 Å². The van der Waals surface area contributed by atoms with Crippen LogP contribution in [-0.4, -0.2) is 36.1 Å². The number of aliphatic hydroxyl groups is 1. The van der Waals surface area contributed by atoms with Crippen LogP contribution in [0.4, 0.5) is 0 Å². The molecule has 0 radical (unpaired) electrons. The van der Waals surface area contributed by atoms with Crippen molar-refractivity contribution in [1.82, 2.24) is 5.32 Å². The number of nitrogens with one attached hydrogen (secondary N) is 1. The molecular weight excluding hydrogens is 174 g/mol. The number of rotatable bonds is 6. The highest BCUT2D eigenvalue weighted by Gasteiger charge is 2.12. The second-order valence-corrected chi connectivity index (χ2v) is 2.88. The van der Waals surface area contributed by atoms with Gasteiger partial charge in [-0.25, -0.2) is 0 Å². The number of hydrogen-bond donors (Lipinski definition) is 4. The number of carbonyl (C=O) groups excluding carboxylic acids is 2. The molecule has 0 fully saturated rings. The lowest BCUT2D eigenvalue weighted by Crippen LogP contribution is -2.40. The second-order valence-electron chi connectivity index (χ2n) is 2.88. The van der Waals surface area contributed by atoms with Gasteiger partial charge in [-0.3, -0.25) is 9.59 Å². The highest BCUT2D eigenvalue weighted by Crippen LogP contribution is 1.89. The van der Waals surface area contributed by atoms with E-state index in [0.29, 0.717) is 6.54 Å². The molecule has 0 heterocycles. The third-order valence-corrected chi connectivity index (χ3v) is 1.60. The van der Waals surface area contributed by atoms with Crippen LogP contribution in [0.5, 0.6) is 0 Å². The lowest BCUT2D eigenvalue weighted by molar-refractivity contribution is -0.125. The van der Waals surface area contributed by atoms with Crippen molar-refractivity contribution in [2.75, 3.05) is 13.1 Å². The van der Waals surface area contributed by atoms with E-state index in [4.69, 9.17) is 16.6 Å². The monoisotopic (exact) mass is 189 g/mol. The lowest BCUT2D eigenvalue weighted by Gasteiger charge is -2.10. The minimum Gasteiger partial charge on any atom is -0.382 e. The van der Waals surface area contributed by atoms with Gasteiger partial charge in [0.15, 0.2) is 0 Å². The van der Waals surface area contributed by atoms with E-state index in [9.17, 15) is 9.59 Å². The van der Waals surface area contributed by atoms with Crippen LogP contribution in [0.1, 0.15) is 6.92 Å². The summed E-state index contributed by atoms with van der Waals surface area (Å²) in [5, 5.41) is 11.6. The molecular formula is C7H15N3O3. The summed E-state index contributed by atoms with van der Waals surface area (Å²) in [6.07, 6.45) is -1.22. The summed E-state index contributed by atoms with van der Waals surface area (Å²) in [4.78, 5) is 20.9. The zero-order valence-electron chi connectivity index (χ0n) is 7.49. The first-order valence-corrected chi connectivity index (χ1v) is 3.92. The van der Waals surface area contributed by atoms with Crippen LogP contribution in [0.25, 0.3) is 0 Å². The minimum atomic E-state index is -1.22. The van der Waals surface area contributed by atoms with Gasteiger partial charge in [0.25, 0.3) is 0 Å². The van der Waals surface area contributed by atoms with Crippen LogP contribution >= 0.6 is 0 Å². The Morgan fingerprint density at radius 2 is 1.85 bits per heavy atom. The van der Waals surface area contributed by atoms with Crippen molar-refractivity contribution in [1.29, 1.82) is 0 Å². The van der Waals surface area contributed by atoms with Gasteiger partial charge in [-0.2, -0.15) is 0 Å². The molecule has 2 atom stereocenters. The molecule has 2 unspecified atom stereocenters. The normalized spacial score (nSPS) is 14.9. The van der Waals surface area contributed by atoms with E-state index in [-0.39, 0.29) is 12.5 Å². The van der Waals surface area contributed by atoms with Gasteiger partial charge in [0, 0.05) is 19.0 Å². The van der Waals surface area contributed by atoms with Gasteiger partial charge in [0.05, 0.1) is 0 Å². The van der Waals surface area contributed by atoms with E-state index in [0.717, 1.165) is 0 Å². The number of amides is 2. The van der Waals surface area contributed by atoms with Gasteiger partial charge in [-0.1, -0.05) is 6.92 Å². The topological polar surface area (TPSA) is 118 Å². The van der Waals surface area contributed by atoms with Crippen molar-refractivity contribution in [3.63, 3.8) is 0 Å². The molecule has 0 aliphatic rings. The maximum atomic E-state index is 10.5. The van der Waals surface area contributed by atoms with Gasteiger partial charge in [-0.15, -0.1) is 0 Å². The van der Waals surface area contributed by atoms with Gasteiger partial charge in [0.1, 0.15) is 6.10 Å². The summed E-state index contributed by atoms with van der Waals surface area (Å²) < 4.78 is 0. The van der Waals surface area contributed by atoms with Crippen molar-refractivity contribution >= 4 is 11.8 Å². The fourth-order valence-corrected chi connectivity index (χ4v) is 0.638. The molecule has 0 rings (SSSR count). The fourth-order valence-electron chi connectivity index (χ4n) is 0.638. The Kier molecular flexibility index (Phi) is 5.01. The van der Waals surface area contributed by atoms with Crippen molar-refractivity contribution in [2.45, 2.75) is 13.0 Å². The predicted molar refractivity (Wildman–Crippen MR) is 46.4 cm³/mol. The van der Waals surface area contributed by atoms with Crippen LogP contribution in [-0.2, 0) is 9.59 Å². The summed E-state index contributed by atoms with van der Waals surface area (Å²) in [7, 11) is 0. The number of nitrogens with two attached hydrogens (primary N) is 2. The quantitative estimate of drug-likeness (QED) is 0.370. The Hall–Kier alpha value is -1.14. The van der Waals surface area contributed by atoms with Crippen molar-refractivity contribution in [3.05, 3.63) is 0 Å². The van der Waals surface area contributed by atoms with Gasteiger partial charge < -0.3 is 21.9 Å². The predicted octanol–water partition coefficient (Wildman–Crippen LogP) is -2.46. The summed E-state index contributed by atoms with van der Waals surface area (Å²) in [5.74, 6) is -1.56. The number of hydrogen-bond acceptors (Lipinski definition) is 4. The summed E-state index contributed by atoms with van der Waals surface area (Å²) >= 11 is 0. The minimum absolute atomic E-state index is 0.0347. The van der Waals surface area contributed by atoms with E-state index in [1.807, 2.05) is 0 Å². The van der Waals surface area contributed by atoms with E-state index in [2.05, 4.69) is 5.32 Å². The van der Waals surface area contributed by atoms with Crippen molar-refractivity contribution in [3.8, 4) is 0 Å². The third kappa shape index (κ3) is 5.15. The molecule has 0 aromatic carbocycles. The van der Waals surface area contributed by atoms with Crippen molar-refractivity contribution < 1.29 is 14.7 Å². The van der Waals surface area contributed by atoms with Gasteiger partial charge in [0.2, 0.25) is 11.8 Å². The third-order valence-electron chi connectivity index (χ3n) is 1.60. The highest BCUT2D eigenvalue weighted by atomic mass is 16.3. The molecule has 0 aromatic heterocycles. The summed E-state index contributed by atoms with van der Waals surface area (Å²) in [6.45, 7) is 2.00. The Morgan fingerprint density at radius 3 is 2.23 bits per heavy atom. The summed E-state index contributed by atoms with van der Waals surface area (Å²) in [5.41, 5.74) is 9.77. The molecule has 0 bridgehead atoms. The number of primary amides is 2. The molecule has 6 N–H and O–H groups in total. The number of carbonyl (C=O) groups is 2. The molecule has 6 nitrogen and oxygen atoms in total. The van der Waals surface area contributed by atoms with E-state index >= 15 is 0 Å². The average molecular weight is 189 g/mol. The molecule has 0 aliphatic heterocycles. The molecule has 0 aliphatic carbocycles. The SMILES string of the molecule is CC(CNCC(O)C(N)=O)C(N)=O. The van der Waals surface area contributed by atoms with Crippen LogP contribution in [0, 0.1) is 5.92 Å².